The van der Waals surface area contributed by atoms with Crippen LogP contribution in [0.15, 0.2) is 24.8 Å². The smallest absolute Gasteiger partial charge is 0.342 e. The summed E-state index contributed by atoms with van der Waals surface area (Å²) in [6, 6.07) is 0. The number of hydrogen-bond donors (Lipinski definition) is 1. The van der Waals surface area contributed by atoms with E-state index in [2.05, 4.69) is 27.6 Å². The molecular formula is C10H11N5O2S. The van der Waals surface area contributed by atoms with Gasteiger partial charge in [0.2, 0.25) is 5.82 Å². The van der Waals surface area contributed by atoms with Gasteiger partial charge in [0.25, 0.3) is 0 Å². The molecule has 0 amide bonds. The average Bonchev–Trinajstić information content (AvgIpc) is 2.82. The fourth-order valence-electron chi connectivity index (χ4n) is 1.65. The van der Waals surface area contributed by atoms with E-state index in [0.29, 0.717) is 18.1 Å². The van der Waals surface area contributed by atoms with Gasteiger partial charge in [0.05, 0.1) is 18.4 Å². The van der Waals surface area contributed by atoms with Crippen molar-refractivity contribution in [1.82, 2.24) is 19.5 Å². The van der Waals surface area contributed by atoms with Gasteiger partial charge in [-0.05, 0) is 11.8 Å². The van der Waals surface area contributed by atoms with Crippen molar-refractivity contribution in [1.29, 1.82) is 0 Å². The van der Waals surface area contributed by atoms with Crippen molar-refractivity contribution in [3.63, 3.8) is 0 Å². The number of imidazole rings is 1. The van der Waals surface area contributed by atoms with Gasteiger partial charge in [-0.15, -0.1) is 0 Å². The van der Waals surface area contributed by atoms with E-state index in [-0.39, 0.29) is 5.82 Å². The van der Waals surface area contributed by atoms with Crippen LogP contribution in [0.3, 0.4) is 0 Å². The molecular weight excluding hydrogens is 254 g/mol. The van der Waals surface area contributed by atoms with Crippen LogP contribution in [0.25, 0.3) is 0 Å². The first-order chi connectivity index (χ1) is 8.65. The molecule has 0 bridgehead atoms. The predicted octanol–water partition coefficient (Wildman–Crippen LogP) is 1.62. The van der Waals surface area contributed by atoms with E-state index in [4.69, 9.17) is 0 Å². The third kappa shape index (κ3) is 2.19. The lowest BCUT2D eigenvalue weighted by atomic mass is 10.3. The Morgan fingerprint density at radius 3 is 2.78 bits per heavy atom. The first-order valence-electron chi connectivity index (χ1n) is 5.29. The Morgan fingerprint density at radius 1 is 1.44 bits per heavy atom. The van der Waals surface area contributed by atoms with Crippen molar-refractivity contribution in [2.75, 3.05) is 0 Å². The predicted molar refractivity (Wildman–Crippen MR) is 67.4 cm³/mol. The van der Waals surface area contributed by atoms with Crippen LogP contribution in [0.1, 0.15) is 23.7 Å². The van der Waals surface area contributed by atoms with Gasteiger partial charge in [0.15, 0.2) is 0 Å². The molecule has 8 heteroatoms. The molecule has 0 fully saturated rings. The summed E-state index contributed by atoms with van der Waals surface area (Å²) in [6.07, 6.45) is 5.90. The van der Waals surface area contributed by atoms with E-state index in [0.717, 1.165) is 0 Å². The van der Waals surface area contributed by atoms with Gasteiger partial charge in [-0.1, -0.05) is 0 Å². The average molecular weight is 265 g/mol. The fourth-order valence-corrected chi connectivity index (χ4v) is 1.99. The summed E-state index contributed by atoms with van der Waals surface area (Å²) in [7, 11) is 0. The molecule has 18 heavy (non-hydrogen) atoms. The topological polar surface area (TPSA) is 86.7 Å². The highest BCUT2D eigenvalue weighted by atomic mass is 32.1. The van der Waals surface area contributed by atoms with Crippen LogP contribution in [0.5, 0.6) is 0 Å². The zero-order valence-corrected chi connectivity index (χ0v) is 10.5. The highest BCUT2D eigenvalue weighted by molar-refractivity contribution is 7.80. The molecule has 94 valence electrons. The Labute approximate surface area is 108 Å². The summed E-state index contributed by atoms with van der Waals surface area (Å²) >= 11 is 4.41. The third-order valence-corrected chi connectivity index (χ3v) is 2.97. The summed E-state index contributed by atoms with van der Waals surface area (Å²) in [5, 5.41) is 10.4. The number of hydrogen-bond acceptors (Lipinski definition) is 6. The van der Waals surface area contributed by atoms with E-state index in [1.807, 2.05) is 6.92 Å². The zero-order chi connectivity index (χ0) is 13.1. The second-order valence-corrected chi connectivity index (χ2v) is 4.03. The standard InChI is InChI=1S/C10H11N5O2S/c1-2-14-8(15(16)17)6-13-10(14)9(18)7-5-11-3-4-12-7/h3-6,9,18H,2H2,1H3. The summed E-state index contributed by atoms with van der Waals surface area (Å²) < 4.78 is 1.51. The molecule has 7 nitrogen and oxygen atoms in total. The summed E-state index contributed by atoms with van der Waals surface area (Å²) in [6.45, 7) is 2.26. The van der Waals surface area contributed by atoms with Gasteiger partial charge in [-0.2, -0.15) is 12.6 Å². The molecule has 2 heterocycles. The lowest BCUT2D eigenvalue weighted by molar-refractivity contribution is -0.392. The van der Waals surface area contributed by atoms with Crippen LogP contribution in [0, 0.1) is 10.1 Å². The fraction of sp³-hybridized carbons (Fsp3) is 0.300. The van der Waals surface area contributed by atoms with Crippen molar-refractivity contribution in [3.8, 4) is 0 Å². The molecule has 0 aromatic carbocycles. The molecule has 1 unspecified atom stereocenters. The van der Waals surface area contributed by atoms with Crippen molar-refractivity contribution < 1.29 is 4.92 Å². The van der Waals surface area contributed by atoms with Crippen LogP contribution in [0.2, 0.25) is 0 Å². The van der Waals surface area contributed by atoms with Crippen LogP contribution in [-0.2, 0) is 6.54 Å². The van der Waals surface area contributed by atoms with E-state index < -0.39 is 10.2 Å². The molecule has 2 rings (SSSR count). The maximum absolute atomic E-state index is 10.8. The number of nitrogens with zero attached hydrogens (tertiary/aromatic N) is 5. The molecule has 0 spiro atoms. The molecule has 0 aliphatic rings. The quantitative estimate of drug-likeness (QED) is 0.515. The minimum atomic E-state index is -0.461. The number of nitro groups is 1. The van der Waals surface area contributed by atoms with Gasteiger partial charge >= 0.3 is 5.82 Å². The lowest BCUT2D eigenvalue weighted by Gasteiger charge is -2.07. The molecule has 2 aromatic rings. The third-order valence-electron chi connectivity index (χ3n) is 2.48. The highest BCUT2D eigenvalue weighted by Gasteiger charge is 2.25. The van der Waals surface area contributed by atoms with E-state index in [1.54, 1.807) is 18.6 Å². The summed E-state index contributed by atoms with van der Waals surface area (Å²) in [5.41, 5.74) is 0.607. The second-order valence-electron chi connectivity index (χ2n) is 3.51. The number of rotatable bonds is 4. The highest BCUT2D eigenvalue weighted by Crippen LogP contribution is 2.28. The van der Waals surface area contributed by atoms with Gasteiger partial charge in [0, 0.05) is 12.4 Å². The second kappa shape index (κ2) is 5.13. The molecule has 0 aliphatic heterocycles. The minimum Gasteiger partial charge on any atom is -0.358 e. The molecule has 1 atom stereocenters. The minimum absolute atomic E-state index is 0.0459. The number of thiol groups is 1. The molecule has 0 aliphatic carbocycles. The Bertz CT molecular complexity index is 557. The largest absolute Gasteiger partial charge is 0.358 e. The first kappa shape index (κ1) is 12.5. The molecule has 0 saturated carbocycles. The Hall–Kier alpha value is -1.96. The molecule has 2 aromatic heterocycles. The Morgan fingerprint density at radius 2 is 2.22 bits per heavy atom. The van der Waals surface area contributed by atoms with Crippen LogP contribution in [0.4, 0.5) is 5.82 Å². The normalized spacial score (nSPS) is 12.3. The molecule has 0 N–H and O–H groups in total. The van der Waals surface area contributed by atoms with Gasteiger partial charge in [-0.25, -0.2) is 9.55 Å². The van der Waals surface area contributed by atoms with Crippen molar-refractivity contribution in [2.45, 2.75) is 18.7 Å². The summed E-state index contributed by atoms with van der Waals surface area (Å²) in [4.78, 5) is 22.5. The maximum atomic E-state index is 10.8. The van der Waals surface area contributed by atoms with Crippen LogP contribution >= 0.6 is 12.6 Å². The van der Waals surface area contributed by atoms with E-state index >= 15 is 0 Å². The van der Waals surface area contributed by atoms with Crippen LogP contribution < -0.4 is 0 Å². The molecule has 0 saturated heterocycles. The van der Waals surface area contributed by atoms with E-state index in [9.17, 15) is 10.1 Å². The SMILES string of the molecule is CCn1c([N+](=O)[O-])cnc1C(S)c1cnccn1. The summed E-state index contributed by atoms with van der Waals surface area (Å²) in [5.74, 6) is 0.448. The Balaban J connectivity index is 2.43. The van der Waals surface area contributed by atoms with Gasteiger partial charge in [-0.3, -0.25) is 9.97 Å². The van der Waals surface area contributed by atoms with Crippen molar-refractivity contribution in [3.05, 3.63) is 46.4 Å². The van der Waals surface area contributed by atoms with Gasteiger partial charge in [0.1, 0.15) is 11.4 Å². The first-order valence-corrected chi connectivity index (χ1v) is 5.80. The lowest BCUT2D eigenvalue weighted by Crippen LogP contribution is -2.09. The Kier molecular flexibility index (Phi) is 3.56. The zero-order valence-electron chi connectivity index (χ0n) is 9.59. The number of aromatic nitrogens is 4. The molecule has 0 radical (unpaired) electrons. The monoisotopic (exact) mass is 265 g/mol. The van der Waals surface area contributed by atoms with Crippen molar-refractivity contribution in [2.24, 2.45) is 0 Å². The van der Waals surface area contributed by atoms with Crippen LogP contribution in [-0.4, -0.2) is 24.4 Å². The van der Waals surface area contributed by atoms with E-state index in [1.165, 1.54) is 10.8 Å². The maximum Gasteiger partial charge on any atom is 0.342 e. The van der Waals surface area contributed by atoms with Crippen molar-refractivity contribution >= 4 is 18.4 Å². The van der Waals surface area contributed by atoms with Gasteiger partial charge < -0.3 is 10.1 Å².